The lowest BCUT2D eigenvalue weighted by molar-refractivity contribution is 0.195. The van der Waals surface area contributed by atoms with Crippen molar-refractivity contribution in [1.29, 1.82) is 0 Å². The van der Waals surface area contributed by atoms with Crippen LogP contribution in [0.15, 0.2) is 24.3 Å². The first kappa shape index (κ1) is 13.1. The summed E-state index contributed by atoms with van der Waals surface area (Å²) in [4.78, 5) is 0. The smallest absolute Gasteiger partial charge is 0.166 e. The van der Waals surface area contributed by atoms with E-state index in [1.165, 1.54) is 5.56 Å². The highest BCUT2D eigenvalue weighted by Crippen LogP contribution is 2.31. The SMILES string of the molecule is COCCCNC(=S)NC1COc2ccccc21. The van der Waals surface area contributed by atoms with Gasteiger partial charge in [0.25, 0.3) is 0 Å². The third-order valence-electron chi connectivity index (χ3n) is 2.82. The first-order chi connectivity index (χ1) is 8.81. The number of methoxy groups -OCH3 is 1. The molecular formula is C13H18N2O2S. The van der Waals surface area contributed by atoms with E-state index in [4.69, 9.17) is 21.7 Å². The Hall–Kier alpha value is -1.33. The summed E-state index contributed by atoms with van der Waals surface area (Å²) in [5, 5.41) is 7.09. The highest BCUT2D eigenvalue weighted by Gasteiger charge is 2.23. The molecule has 1 aliphatic heterocycles. The van der Waals surface area contributed by atoms with Crippen LogP contribution in [0.2, 0.25) is 0 Å². The van der Waals surface area contributed by atoms with E-state index in [0.717, 1.165) is 25.3 Å². The van der Waals surface area contributed by atoms with E-state index in [1.807, 2.05) is 18.2 Å². The molecule has 0 saturated heterocycles. The third kappa shape index (κ3) is 3.34. The molecule has 1 aromatic carbocycles. The summed E-state index contributed by atoms with van der Waals surface area (Å²) in [6, 6.07) is 8.17. The Labute approximate surface area is 113 Å². The fraction of sp³-hybridized carbons (Fsp3) is 0.462. The molecule has 0 radical (unpaired) electrons. The van der Waals surface area contributed by atoms with Crippen molar-refractivity contribution in [2.45, 2.75) is 12.5 Å². The van der Waals surface area contributed by atoms with Crippen molar-refractivity contribution < 1.29 is 9.47 Å². The van der Waals surface area contributed by atoms with Gasteiger partial charge in [0.1, 0.15) is 12.4 Å². The van der Waals surface area contributed by atoms with Crippen molar-refractivity contribution in [2.24, 2.45) is 0 Å². The molecule has 0 fully saturated rings. The molecule has 1 unspecified atom stereocenters. The molecule has 0 aliphatic carbocycles. The molecule has 4 nitrogen and oxygen atoms in total. The topological polar surface area (TPSA) is 42.5 Å². The van der Waals surface area contributed by atoms with Crippen molar-refractivity contribution in [3.8, 4) is 5.75 Å². The Balaban J connectivity index is 1.79. The van der Waals surface area contributed by atoms with E-state index in [-0.39, 0.29) is 6.04 Å². The third-order valence-corrected chi connectivity index (χ3v) is 3.08. The van der Waals surface area contributed by atoms with E-state index >= 15 is 0 Å². The molecule has 2 N–H and O–H groups in total. The average molecular weight is 266 g/mol. The van der Waals surface area contributed by atoms with Gasteiger partial charge in [-0.1, -0.05) is 18.2 Å². The Morgan fingerprint density at radius 3 is 3.17 bits per heavy atom. The van der Waals surface area contributed by atoms with E-state index in [2.05, 4.69) is 16.7 Å². The van der Waals surface area contributed by atoms with Crippen LogP contribution in [0.5, 0.6) is 5.75 Å². The van der Waals surface area contributed by atoms with Crippen molar-refractivity contribution in [3.05, 3.63) is 29.8 Å². The molecule has 98 valence electrons. The number of thiocarbonyl (C=S) groups is 1. The van der Waals surface area contributed by atoms with Crippen LogP contribution in [0.4, 0.5) is 0 Å². The van der Waals surface area contributed by atoms with Gasteiger partial charge in [0.05, 0.1) is 6.04 Å². The van der Waals surface area contributed by atoms with Gasteiger partial charge >= 0.3 is 0 Å². The van der Waals surface area contributed by atoms with Gasteiger partial charge in [0.2, 0.25) is 0 Å². The monoisotopic (exact) mass is 266 g/mol. The summed E-state index contributed by atoms with van der Waals surface area (Å²) in [6.07, 6.45) is 0.941. The first-order valence-electron chi connectivity index (χ1n) is 6.06. The fourth-order valence-corrected chi connectivity index (χ4v) is 2.15. The van der Waals surface area contributed by atoms with E-state index in [9.17, 15) is 0 Å². The number of hydrogen-bond acceptors (Lipinski definition) is 3. The summed E-state index contributed by atoms with van der Waals surface area (Å²) in [5.41, 5.74) is 1.17. The zero-order valence-corrected chi connectivity index (χ0v) is 11.3. The number of hydrogen-bond donors (Lipinski definition) is 2. The maximum atomic E-state index is 5.59. The minimum atomic E-state index is 0.142. The van der Waals surface area contributed by atoms with Gasteiger partial charge in [0.15, 0.2) is 5.11 Å². The maximum absolute atomic E-state index is 5.59. The molecule has 0 amide bonds. The van der Waals surface area contributed by atoms with Crippen LogP contribution in [0, 0.1) is 0 Å². The second kappa shape index (κ2) is 6.56. The van der Waals surface area contributed by atoms with Gasteiger partial charge in [-0.05, 0) is 24.7 Å². The largest absolute Gasteiger partial charge is 0.491 e. The van der Waals surface area contributed by atoms with Crippen molar-refractivity contribution in [2.75, 3.05) is 26.9 Å². The van der Waals surface area contributed by atoms with Crippen molar-refractivity contribution >= 4 is 17.3 Å². The number of para-hydroxylation sites is 1. The van der Waals surface area contributed by atoms with Crippen LogP contribution in [-0.4, -0.2) is 32.0 Å². The Morgan fingerprint density at radius 1 is 1.50 bits per heavy atom. The van der Waals surface area contributed by atoms with Gasteiger partial charge in [-0.25, -0.2) is 0 Å². The Kier molecular flexibility index (Phi) is 4.78. The summed E-state index contributed by atoms with van der Waals surface area (Å²) < 4.78 is 10.6. The van der Waals surface area contributed by atoms with Gasteiger partial charge in [-0.3, -0.25) is 0 Å². The highest BCUT2D eigenvalue weighted by atomic mass is 32.1. The molecule has 0 saturated carbocycles. The Bertz CT molecular complexity index is 412. The van der Waals surface area contributed by atoms with E-state index in [1.54, 1.807) is 7.11 Å². The lowest BCUT2D eigenvalue weighted by Gasteiger charge is -2.15. The zero-order chi connectivity index (χ0) is 12.8. The second-order valence-electron chi connectivity index (χ2n) is 4.15. The average Bonchev–Trinajstić information content (AvgIpc) is 2.78. The maximum Gasteiger partial charge on any atom is 0.166 e. The normalized spacial score (nSPS) is 16.8. The van der Waals surface area contributed by atoms with Crippen LogP contribution in [0.3, 0.4) is 0 Å². The van der Waals surface area contributed by atoms with Gasteiger partial charge in [-0.2, -0.15) is 0 Å². The van der Waals surface area contributed by atoms with Gasteiger partial charge in [-0.15, -0.1) is 0 Å². The lowest BCUT2D eigenvalue weighted by atomic mass is 10.1. The minimum Gasteiger partial charge on any atom is -0.491 e. The molecule has 5 heteroatoms. The minimum absolute atomic E-state index is 0.142. The van der Waals surface area contributed by atoms with Gasteiger partial charge < -0.3 is 20.1 Å². The molecule has 18 heavy (non-hydrogen) atoms. The summed E-state index contributed by atoms with van der Waals surface area (Å²) in [7, 11) is 1.70. The predicted molar refractivity (Wildman–Crippen MR) is 74.9 cm³/mol. The van der Waals surface area contributed by atoms with E-state index in [0.29, 0.717) is 11.7 Å². The molecule has 1 atom stereocenters. The van der Waals surface area contributed by atoms with Crippen LogP contribution in [-0.2, 0) is 4.74 Å². The molecule has 1 heterocycles. The second-order valence-corrected chi connectivity index (χ2v) is 4.56. The van der Waals surface area contributed by atoms with Crippen molar-refractivity contribution in [1.82, 2.24) is 10.6 Å². The number of nitrogens with one attached hydrogen (secondary N) is 2. The predicted octanol–water partition coefficient (Wildman–Crippen LogP) is 1.62. The first-order valence-corrected chi connectivity index (χ1v) is 6.47. The summed E-state index contributed by atoms with van der Waals surface area (Å²) in [6.45, 7) is 2.18. The summed E-state index contributed by atoms with van der Waals surface area (Å²) >= 11 is 5.25. The number of ether oxygens (including phenoxy) is 2. The Morgan fingerprint density at radius 2 is 2.33 bits per heavy atom. The number of benzene rings is 1. The van der Waals surface area contributed by atoms with Crippen LogP contribution in [0.1, 0.15) is 18.0 Å². The van der Waals surface area contributed by atoms with E-state index < -0.39 is 0 Å². The number of rotatable bonds is 5. The standard InChI is InChI=1S/C13H18N2O2S/c1-16-8-4-7-14-13(18)15-11-9-17-12-6-3-2-5-10(11)12/h2-3,5-6,11H,4,7-9H2,1H3,(H2,14,15,18). The fourth-order valence-electron chi connectivity index (χ4n) is 1.91. The summed E-state index contributed by atoms with van der Waals surface area (Å²) in [5.74, 6) is 0.942. The van der Waals surface area contributed by atoms with Gasteiger partial charge in [0, 0.05) is 25.8 Å². The molecule has 2 rings (SSSR count). The molecule has 0 bridgehead atoms. The van der Waals surface area contributed by atoms with Crippen LogP contribution < -0.4 is 15.4 Å². The molecular weight excluding hydrogens is 248 g/mol. The molecule has 0 spiro atoms. The number of fused-ring (bicyclic) bond motifs is 1. The molecule has 1 aromatic rings. The molecule has 1 aliphatic rings. The quantitative estimate of drug-likeness (QED) is 0.626. The molecule has 0 aromatic heterocycles. The van der Waals surface area contributed by atoms with Crippen molar-refractivity contribution in [3.63, 3.8) is 0 Å². The van der Waals surface area contributed by atoms with Crippen LogP contribution in [0.25, 0.3) is 0 Å². The zero-order valence-electron chi connectivity index (χ0n) is 10.4. The lowest BCUT2D eigenvalue weighted by Crippen LogP contribution is -2.38. The van der Waals surface area contributed by atoms with Crippen LogP contribution >= 0.6 is 12.2 Å². The highest BCUT2D eigenvalue weighted by molar-refractivity contribution is 7.80.